The number of aromatic nitrogens is 1. The van der Waals surface area contributed by atoms with Crippen LogP contribution in [0.5, 0.6) is 0 Å². The third-order valence-corrected chi connectivity index (χ3v) is 3.43. The Kier molecular flexibility index (Phi) is 3.72. The molecule has 0 unspecified atom stereocenters. The Bertz CT molecular complexity index is 388. The summed E-state index contributed by atoms with van der Waals surface area (Å²) in [5.41, 5.74) is 0.823. The summed E-state index contributed by atoms with van der Waals surface area (Å²) in [4.78, 5) is 6.26. The number of nitrogens with zero attached hydrogens (tertiary/aromatic N) is 3. The van der Waals surface area contributed by atoms with Crippen LogP contribution < -0.4 is 5.32 Å². The number of hydrogen-bond donors (Lipinski definition) is 1. The van der Waals surface area contributed by atoms with Gasteiger partial charge in [-0.15, -0.1) is 0 Å². The van der Waals surface area contributed by atoms with Gasteiger partial charge in [-0.05, 0) is 37.6 Å². The van der Waals surface area contributed by atoms with E-state index in [2.05, 4.69) is 28.3 Å². The minimum atomic E-state index is -0.351. The van der Waals surface area contributed by atoms with E-state index in [0.717, 1.165) is 32.5 Å². The summed E-state index contributed by atoms with van der Waals surface area (Å²) in [6.07, 6.45) is 5.35. The fraction of sp³-hybridized carbons (Fsp3) is 0.538. The predicted molar refractivity (Wildman–Crippen MR) is 66.2 cm³/mol. The molecule has 2 rings (SSSR count). The van der Waals surface area contributed by atoms with Crippen molar-refractivity contribution >= 4 is 0 Å². The average Bonchev–Trinajstić information content (AvgIpc) is 2.40. The van der Waals surface area contributed by atoms with Gasteiger partial charge >= 0.3 is 0 Å². The molecule has 1 aromatic rings. The fourth-order valence-corrected chi connectivity index (χ4v) is 2.10. The molecule has 1 aliphatic heterocycles. The van der Waals surface area contributed by atoms with Gasteiger partial charge in [-0.3, -0.25) is 10.3 Å². The number of nitrogens with one attached hydrogen (secondary N) is 1. The standard InChI is InChI=1S/C13H18N4/c1-17-8-4-13(11-14,5-9-17)16-10-12-2-6-15-7-3-12/h2-3,6-7,16H,4-5,8-10H2,1H3. The van der Waals surface area contributed by atoms with Crippen LogP contribution in [0.2, 0.25) is 0 Å². The molecule has 1 aliphatic rings. The van der Waals surface area contributed by atoms with Crippen LogP contribution in [0, 0.1) is 11.3 Å². The molecule has 0 amide bonds. The third kappa shape index (κ3) is 3.02. The molecule has 0 spiro atoms. The zero-order valence-corrected chi connectivity index (χ0v) is 10.2. The summed E-state index contributed by atoms with van der Waals surface area (Å²) in [5.74, 6) is 0. The molecule has 2 heterocycles. The van der Waals surface area contributed by atoms with E-state index in [1.807, 2.05) is 12.1 Å². The molecule has 1 aromatic heterocycles. The molecule has 4 nitrogen and oxygen atoms in total. The van der Waals surface area contributed by atoms with Gasteiger partial charge in [0.25, 0.3) is 0 Å². The number of pyridine rings is 1. The summed E-state index contributed by atoms with van der Waals surface area (Å²) >= 11 is 0. The molecule has 4 heteroatoms. The lowest BCUT2D eigenvalue weighted by molar-refractivity contribution is 0.194. The highest BCUT2D eigenvalue weighted by atomic mass is 15.1. The van der Waals surface area contributed by atoms with Crippen LogP contribution in [0.25, 0.3) is 0 Å². The lowest BCUT2D eigenvalue weighted by Gasteiger charge is -2.36. The van der Waals surface area contributed by atoms with E-state index in [9.17, 15) is 5.26 Å². The van der Waals surface area contributed by atoms with Crippen molar-refractivity contribution in [2.75, 3.05) is 20.1 Å². The van der Waals surface area contributed by atoms with Crippen molar-refractivity contribution in [3.05, 3.63) is 30.1 Å². The molecule has 0 aliphatic carbocycles. The van der Waals surface area contributed by atoms with Crippen molar-refractivity contribution in [3.8, 4) is 6.07 Å². The molecule has 90 valence electrons. The Morgan fingerprint density at radius 2 is 2.06 bits per heavy atom. The first-order chi connectivity index (χ1) is 8.24. The van der Waals surface area contributed by atoms with Crippen LogP contribution in [0.3, 0.4) is 0 Å². The molecule has 1 fully saturated rings. The van der Waals surface area contributed by atoms with E-state index in [0.29, 0.717) is 0 Å². The second-order valence-corrected chi connectivity index (χ2v) is 4.71. The van der Waals surface area contributed by atoms with E-state index < -0.39 is 0 Å². The predicted octanol–water partition coefficient (Wildman–Crippen LogP) is 1.16. The van der Waals surface area contributed by atoms with Crippen LogP contribution in [0.1, 0.15) is 18.4 Å². The maximum atomic E-state index is 9.36. The SMILES string of the molecule is CN1CCC(C#N)(NCc2ccncc2)CC1. The topological polar surface area (TPSA) is 52.0 Å². The lowest BCUT2D eigenvalue weighted by Crippen LogP contribution is -2.51. The van der Waals surface area contributed by atoms with Crippen molar-refractivity contribution in [2.24, 2.45) is 0 Å². The lowest BCUT2D eigenvalue weighted by atomic mass is 9.89. The van der Waals surface area contributed by atoms with Crippen LogP contribution >= 0.6 is 0 Å². The van der Waals surface area contributed by atoms with Crippen LogP contribution in [-0.2, 0) is 6.54 Å². The van der Waals surface area contributed by atoms with Crippen molar-refractivity contribution in [1.82, 2.24) is 15.2 Å². The van der Waals surface area contributed by atoms with Crippen LogP contribution in [-0.4, -0.2) is 35.6 Å². The zero-order valence-electron chi connectivity index (χ0n) is 10.2. The largest absolute Gasteiger partial charge is 0.306 e. The second kappa shape index (κ2) is 5.26. The Balaban J connectivity index is 1.95. The number of nitriles is 1. The van der Waals surface area contributed by atoms with Gasteiger partial charge in [-0.2, -0.15) is 5.26 Å². The van der Waals surface area contributed by atoms with Crippen molar-refractivity contribution in [3.63, 3.8) is 0 Å². The maximum absolute atomic E-state index is 9.36. The summed E-state index contributed by atoms with van der Waals surface area (Å²) in [5, 5.41) is 12.8. The van der Waals surface area contributed by atoms with E-state index in [-0.39, 0.29) is 5.54 Å². The highest BCUT2D eigenvalue weighted by molar-refractivity contribution is 5.14. The van der Waals surface area contributed by atoms with Crippen LogP contribution in [0.4, 0.5) is 0 Å². The van der Waals surface area contributed by atoms with E-state index in [1.165, 1.54) is 5.56 Å². The number of rotatable bonds is 3. The minimum Gasteiger partial charge on any atom is -0.306 e. The number of likely N-dealkylation sites (tertiary alicyclic amines) is 1. The molecule has 1 saturated heterocycles. The van der Waals surface area contributed by atoms with Gasteiger partial charge < -0.3 is 4.90 Å². The molecule has 0 atom stereocenters. The molecule has 1 N–H and O–H groups in total. The molecule has 17 heavy (non-hydrogen) atoms. The molecule has 0 radical (unpaired) electrons. The van der Waals surface area contributed by atoms with Crippen molar-refractivity contribution in [1.29, 1.82) is 5.26 Å². The Morgan fingerprint density at radius 1 is 1.41 bits per heavy atom. The summed E-state index contributed by atoms with van der Waals surface area (Å²) in [7, 11) is 2.10. The Hall–Kier alpha value is -1.44. The molecular formula is C13H18N4. The van der Waals surface area contributed by atoms with E-state index >= 15 is 0 Å². The summed E-state index contributed by atoms with van der Waals surface area (Å²) in [6.45, 7) is 2.70. The number of piperidine rings is 1. The first-order valence-electron chi connectivity index (χ1n) is 5.98. The first kappa shape index (κ1) is 12.0. The van der Waals surface area contributed by atoms with Gasteiger partial charge in [-0.25, -0.2) is 0 Å². The molecule has 0 saturated carbocycles. The normalized spacial score (nSPS) is 19.8. The molecular weight excluding hydrogens is 212 g/mol. The van der Waals surface area contributed by atoms with Gasteiger partial charge in [0.05, 0.1) is 6.07 Å². The molecule has 0 aromatic carbocycles. The second-order valence-electron chi connectivity index (χ2n) is 4.71. The average molecular weight is 230 g/mol. The summed E-state index contributed by atoms with van der Waals surface area (Å²) in [6, 6.07) is 6.41. The molecule has 0 bridgehead atoms. The Morgan fingerprint density at radius 3 is 2.65 bits per heavy atom. The minimum absolute atomic E-state index is 0.351. The van der Waals surface area contributed by atoms with Crippen LogP contribution in [0.15, 0.2) is 24.5 Å². The quantitative estimate of drug-likeness (QED) is 0.846. The van der Waals surface area contributed by atoms with E-state index in [4.69, 9.17) is 0 Å². The monoisotopic (exact) mass is 230 g/mol. The summed E-state index contributed by atoms with van der Waals surface area (Å²) < 4.78 is 0. The van der Waals surface area contributed by atoms with Gasteiger partial charge in [0, 0.05) is 32.0 Å². The highest BCUT2D eigenvalue weighted by Crippen LogP contribution is 2.21. The van der Waals surface area contributed by atoms with Gasteiger partial charge in [0.2, 0.25) is 0 Å². The fourth-order valence-electron chi connectivity index (χ4n) is 2.10. The Labute approximate surface area is 102 Å². The number of hydrogen-bond acceptors (Lipinski definition) is 4. The van der Waals surface area contributed by atoms with Crippen molar-refractivity contribution < 1.29 is 0 Å². The first-order valence-corrected chi connectivity index (χ1v) is 5.98. The van der Waals surface area contributed by atoms with E-state index in [1.54, 1.807) is 12.4 Å². The van der Waals surface area contributed by atoms with Crippen molar-refractivity contribution in [2.45, 2.75) is 24.9 Å². The highest BCUT2D eigenvalue weighted by Gasteiger charge is 2.32. The zero-order chi connectivity index (χ0) is 12.1. The smallest absolute Gasteiger partial charge is 0.109 e. The third-order valence-electron chi connectivity index (χ3n) is 3.43. The van der Waals surface area contributed by atoms with Gasteiger partial charge in [0.15, 0.2) is 0 Å². The maximum Gasteiger partial charge on any atom is 0.109 e. The van der Waals surface area contributed by atoms with Gasteiger partial charge in [-0.1, -0.05) is 0 Å². The van der Waals surface area contributed by atoms with Gasteiger partial charge in [0.1, 0.15) is 5.54 Å².